The Labute approximate surface area is 201 Å². The van der Waals surface area contributed by atoms with Crippen LogP contribution in [0, 0.1) is 0 Å². The van der Waals surface area contributed by atoms with Gasteiger partial charge in [0.1, 0.15) is 18.1 Å². The molecule has 1 aliphatic heterocycles. The van der Waals surface area contributed by atoms with Gasteiger partial charge in [-0.05, 0) is 42.3 Å². The van der Waals surface area contributed by atoms with E-state index in [1.807, 2.05) is 37.3 Å². The van der Waals surface area contributed by atoms with E-state index >= 15 is 0 Å². The van der Waals surface area contributed by atoms with Gasteiger partial charge in [-0.15, -0.1) is 5.10 Å². The number of nitrogens with one attached hydrogen (secondary N) is 1. The van der Waals surface area contributed by atoms with E-state index in [1.165, 1.54) is 0 Å². The highest BCUT2D eigenvalue weighted by Crippen LogP contribution is 2.34. The van der Waals surface area contributed by atoms with E-state index in [0.29, 0.717) is 29.1 Å². The van der Waals surface area contributed by atoms with Crippen LogP contribution < -0.4 is 14.8 Å². The number of ether oxygens (including phenoxy) is 2. The molecule has 4 aromatic rings. The van der Waals surface area contributed by atoms with Crippen molar-refractivity contribution in [2.24, 2.45) is 0 Å². The van der Waals surface area contributed by atoms with Gasteiger partial charge in [0.25, 0.3) is 0 Å². The highest BCUT2D eigenvalue weighted by atomic mass is 16.7. The predicted octanol–water partition coefficient (Wildman–Crippen LogP) is 3.00. The number of nitrogens with zero attached hydrogens (tertiary/aromatic N) is 5. The minimum atomic E-state index is -0.720. The molecule has 10 heteroatoms. The number of benzene rings is 2. The number of hydrogen-bond donors (Lipinski definition) is 1. The quantitative estimate of drug-likeness (QED) is 0.420. The Morgan fingerprint density at radius 1 is 1.11 bits per heavy atom. The number of hydrogen-bond acceptors (Lipinski definition) is 7. The first kappa shape index (κ1) is 22.3. The summed E-state index contributed by atoms with van der Waals surface area (Å²) in [5, 5.41) is 11.2. The maximum atomic E-state index is 13.6. The van der Waals surface area contributed by atoms with E-state index in [-0.39, 0.29) is 31.7 Å². The van der Waals surface area contributed by atoms with E-state index < -0.39 is 6.04 Å². The summed E-state index contributed by atoms with van der Waals surface area (Å²) in [6.45, 7) is 2.20. The molecular formula is C25H24N6O4. The van der Waals surface area contributed by atoms with Gasteiger partial charge in [-0.25, -0.2) is 4.68 Å². The maximum Gasteiger partial charge on any atom is 0.247 e. The molecule has 1 N–H and O–H groups in total. The first-order chi connectivity index (χ1) is 17.1. The molecule has 2 aromatic carbocycles. The third kappa shape index (κ3) is 4.77. The average Bonchev–Trinajstić information content (AvgIpc) is 3.51. The molecule has 5 rings (SSSR count). The van der Waals surface area contributed by atoms with Crippen molar-refractivity contribution in [3.63, 3.8) is 0 Å². The van der Waals surface area contributed by atoms with Crippen LogP contribution in [0.5, 0.6) is 11.5 Å². The Morgan fingerprint density at radius 3 is 2.80 bits per heavy atom. The zero-order chi connectivity index (χ0) is 24.2. The molecule has 0 spiro atoms. The zero-order valence-electron chi connectivity index (χ0n) is 19.1. The van der Waals surface area contributed by atoms with Crippen molar-refractivity contribution in [2.45, 2.75) is 32.5 Å². The lowest BCUT2D eigenvalue weighted by Gasteiger charge is -2.30. The second kappa shape index (κ2) is 9.80. The Kier molecular flexibility index (Phi) is 6.25. The van der Waals surface area contributed by atoms with Gasteiger partial charge in [-0.1, -0.05) is 30.3 Å². The summed E-state index contributed by atoms with van der Waals surface area (Å²) >= 11 is 0. The standard InChI is InChI=1S/C25H24N6O4/c1-2-20(25(33)27-18-9-10-22-23(12-18)35-16-34-22)30(14-17-6-5-11-26-13-17)24(32)15-31-21-8-4-3-7-19(21)28-29-31/h3-13,20H,2,14-16H2,1H3,(H,27,33)/t20-/m1/s1. The monoisotopic (exact) mass is 472 g/mol. The van der Waals surface area contributed by atoms with Gasteiger partial charge in [-0.2, -0.15) is 0 Å². The van der Waals surface area contributed by atoms with E-state index in [4.69, 9.17) is 9.47 Å². The summed E-state index contributed by atoms with van der Waals surface area (Å²) in [7, 11) is 0. The SMILES string of the molecule is CC[C@H](C(=O)Nc1ccc2c(c1)OCO2)N(Cc1cccnc1)C(=O)Cn1nnc2ccccc21. The number of rotatable bonds is 8. The fraction of sp³-hybridized carbons (Fsp3) is 0.240. The van der Waals surface area contributed by atoms with Gasteiger partial charge in [0.2, 0.25) is 18.6 Å². The Balaban J connectivity index is 1.40. The maximum absolute atomic E-state index is 13.6. The molecule has 0 saturated carbocycles. The molecule has 0 radical (unpaired) electrons. The van der Waals surface area contributed by atoms with E-state index in [0.717, 1.165) is 11.1 Å². The fourth-order valence-electron chi connectivity index (χ4n) is 4.06. The molecule has 3 heterocycles. The van der Waals surface area contributed by atoms with Crippen LogP contribution in [0.15, 0.2) is 67.0 Å². The lowest BCUT2D eigenvalue weighted by Crippen LogP contribution is -2.47. The number of pyridine rings is 1. The number of carbonyl (C=O) groups excluding carboxylic acids is 2. The van der Waals surface area contributed by atoms with Crippen LogP contribution in [0.2, 0.25) is 0 Å². The summed E-state index contributed by atoms with van der Waals surface area (Å²) < 4.78 is 12.3. The van der Waals surface area contributed by atoms with Crippen molar-refractivity contribution < 1.29 is 19.1 Å². The molecule has 0 saturated heterocycles. The van der Waals surface area contributed by atoms with Gasteiger partial charge in [0.05, 0.1) is 5.52 Å². The lowest BCUT2D eigenvalue weighted by molar-refractivity contribution is -0.140. The predicted molar refractivity (Wildman–Crippen MR) is 128 cm³/mol. The van der Waals surface area contributed by atoms with Gasteiger partial charge < -0.3 is 19.7 Å². The van der Waals surface area contributed by atoms with Crippen LogP contribution in [0.1, 0.15) is 18.9 Å². The average molecular weight is 473 g/mol. The number of amides is 2. The van der Waals surface area contributed by atoms with Crippen LogP contribution in [-0.2, 0) is 22.7 Å². The second-order valence-electron chi connectivity index (χ2n) is 8.10. The lowest BCUT2D eigenvalue weighted by atomic mass is 10.1. The van der Waals surface area contributed by atoms with E-state index in [1.54, 1.807) is 46.2 Å². The van der Waals surface area contributed by atoms with Crippen molar-refractivity contribution in [1.82, 2.24) is 24.9 Å². The number of anilines is 1. The van der Waals surface area contributed by atoms with Crippen molar-refractivity contribution in [1.29, 1.82) is 0 Å². The van der Waals surface area contributed by atoms with Crippen LogP contribution >= 0.6 is 0 Å². The summed E-state index contributed by atoms with van der Waals surface area (Å²) in [5.74, 6) is 0.643. The summed E-state index contributed by atoms with van der Waals surface area (Å²) in [6, 6.07) is 15.6. The van der Waals surface area contributed by atoms with Crippen molar-refractivity contribution in [2.75, 3.05) is 12.1 Å². The normalized spacial score (nSPS) is 12.9. The number of aromatic nitrogens is 4. The molecule has 1 aliphatic rings. The number of para-hydroxylation sites is 1. The van der Waals surface area contributed by atoms with Gasteiger partial charge in [-0.3, -0.25) is 14.6 Å². The molecule has 10 nitrogen and oxygen atoms in total. The molecule has 0 unspecified atom stereocenters. The molecule has 0 bridgehead atoms. The molecule has 1 atom stereocenters. The fourth-order valence-corrected chi connectivity index (χ4v) is 4.06. The van der Waals surface area contributed by atoms with Gasteiger partial charge >= 0.3 is 0 Å². The Hall–Kier alpha value is -4.47. The van der Waals surface area contributed by atoms with Crippen LogP contribution in [0.25, 0.3) is 11.0 Å². The molecular weight excluding hydrogens is 448 g/mol. The van der Waals surface area contributed by atoms with Crippen molar-refractivity contribution in [3.8, 4) is 11.5 Å². The van der Waals surface area contributed by atoms with Crippen molar-refractivity contribution >= 4 is 28.5 Å². The molecule has 2 aromatic heterocycles. The molecule has 178 valence electrons. The second-order valence-corrected chi connectivity index (χ2v) is 8.10. The van der Waals surface area contributed by atoms with Crippen LogP contribution in [0.3, 0.4) is 0 Å². The summed E-state index contributed by atoms with van der Waals surface area (Å²) in [5.41, 5.74) is 2.83. The molecule has 0 aliphatic carbocycles. The van der Waals surface area contributed by atoms with E-state index in [2.05, 4.69) is 20.6 Å². The Morgan fingerprint density at radius 2 is 1.97 bits per heavy atom. The Bertz CT molecular complexity index is 1360. The third-order valence-electron chi connectivity index (χ3n) is 5.81. The minimum Gasteiger partial charge on any atom is -0.454 e. The van der Waals surface area contributed by atoms with Crippen molar-refractivity contribution in [3.05, 3.63) is 72.6 Å². The molecule has 0 fully saturated rings. The molecule has 2 amide bonds. The van der Waals surface area contributed by atoms with Gasteiger partial charge in [0.15, 0.2) is 11.5 Å². The minimum absolute atomic E-state index is 0.0470. The first-order valence-corrected chi connectivity index (χ1v) is 11.3. The van der Waals surface area contributed by atoms with E-state index in [9.17, 15) is 9.59 Å². The number of carbonyl (C=O) groups is 2. The highest BCUT2D eigenvalue weighted by molar-refractivity contribution is 5.97. The summed E-state index contributed by atoms with van der Waals surface area (Å²) in [4.78, 5) is 32.7. The number of fused-ring (bicyclic) bond motifs is 2. The third-order valence-corrected chi connectivity index (χ3v) is 5.81. The first-order valence-electron chi connectivity index (χ1n) is 11.3. The van der Waals surface area contributed by atoms with Crippen LogP contribution in [-0.4, -0.2) is 49.5 Å². The molecule has 35 heavy (non-hydrogen) atoms. The zero-order valence-corrected chi connectivity index (χ0v) is 19.1. The van der Waals surface area contributed by atoms with Gasteiger partial charge in [0, 0.05) is 30.7 Å². The highest BCUT2D eigenvalue weighted by Gasteiger charge is 2.30. The largest absolute Gasteiger partial charge is 0.454 e. The topological polar surface area (TPSA) is 111 Å². The summed E-state index contributed by atoms with van der Waals surface area (Å²) in [6.07, 6.45) is 3.77. The smallest absolute Gasteiger partial charge is 0.247 e. The van der Waals surface area contributed by atoms with Crippen LogP contribution in [0.4, 0.5) is 5.69 Å².